The van der Waals surface area contributed by atoms with Crippen LogP contribution in [0.25, 0.3) is 0 Å². The highest BCUT2D eigenvalue weighted by Crippen LogP contribution is 2.09. The van der Waals surface area contributed by atoms with Gasteiger partial charge in [-0.2, -0.15) is 0 Å². The van der Waals surface area contributed by atoms with Gasteiger partial charge in [0, 0.05) is 6.04 Å². The summed E-state index contributed by atoms with van der Waals surface area (Å²) in [6, 6.07) is 0.685. The number of nitrogens with one attached hydrogen (secondary N) is 1. The molecule has 0 aromatic carbocycles. The summed E-state index contributed by atoms with van der Waals surface area (Å²) in [6.07, 6.45) is 2.64. The lowest BCUT2D eigenvalue weighted by Crippen LogP contribution is -2.31. The Hall–Kier alpha value is -0.0400. The Balaban J connectivity index is 3.38. The Morgan fingerprint density at radius 3 is 2.20 bits per heavy atom. The first-order valence-corrected chi connectivity index (χ1v) is 4.45. The molecule has 0 aliphatic carbocycles. The van der Waals surface area contributed by atoms with Crippen LogP contribution in [0.5, 0.6) is 0 Å². The van der Waals surface area contributed by atoms with Crippen molar-refractivity contribution in [1.29, 1.82) is 0 Å². The third-order valence-electron chi connectivity index (χ3n) is 2.12. The Labute approximate surface area is 65.2 Å². The molecule has 0 rings (SSSR count). The highest BCUT2D eigenvalue weighted by molar-refractivity contribution is 4.66. The van der Waals surface area contributed by atoms with Crippen molar-refractivity contribution < 1.29 is 0 Å². The predicted octanol–water partition coefficient (Wildman–Crippen LogP) is 2.42. The van der Waals surface area contributed by atoms with Crippen molar-refractivity contribution >= 4 is 0 Å². The molecule has 0 heterocycles. The van der Waals surface area contributed by atoms with E-state index in [9.17, 15) is 0 Å². The van der Waals surface area contributed by atoms with E-state index in [0.29, 0.717) is 6.04 Å². The molecule has 0 bridgehead atoms. The Morgan fingerprint density at radius 1 is 1.20 bits per heavy atom. The second-order valence-electron chi connectivity index (χ2n) is 3.11. The highest BCUT2D eigenvalue weighted by Gasteiger charge is 2.08. The summed E-state index contributed by atoms with van der Waals surface area (Å²) >= 11 is 0. The summed E-state index contributed by atoms with van der Waals surface area (Å²) in [6.45, 7) is 10.1. The largest absolute Gasteiger partial charge is 0.314 e. The Bertz CT molecular complexity index is 61.1. The number of hydrogen-bond donors (Lipinski definition) is 1. The van der Waals surface area contributed by atoms with Gasteiger partial charge in [-0.1, -0.05) is 27.2 Å². The van der Waals surface area contributed by atoms with Crippen molar-refractivity contribution in [2.24, 2.45) is 5.92 Å². The van der Waals surface area contributed by atoms with Gasteiger partial charge in [0.25, 0.3) is 0 Å². The molecule has 0 saturated heterocycles. The van der Waals surface area contributed by atoms with Crippen LogP contribution in [0.2, 0.25) is 0 Å². The average molecular weight is 143 g/mol. The summed E-state index contributed by atoms with van der Waals surface area (Å²) in [5, 5.41) is 3.43. The standard InChI is InChI=1S/C9H21N/c1-5-7-8(3)9(4)10-6-2/h8-10H,5-7H2,1-4H3/t8-,9-/m0/s1. The molecule has 0 amide bonds. The lowest BCUT2D eigenvalue weighted by Gasteiger charge is -2.19. The summed E-state index contributed by atoms with van der Waals surface area (Å²) in [5.41, 5.74) is 0. The van der Waals surface area contributed by atoms with E-state index in [4.69, 9.17) is 0 Å². The van der Waals surface area contributed by atoms with Crippen molar-refractivity contribution in [2.75, 3.05) is 6.54 Å². The van der Waals surface area contributed by atoms with Crippen LogP contribution in [0.15, 0.2) is 0 Å². The van der Waals surface area contributed by atoms with Crippen LogP contribution in [0, 0.1) is 5.92 Å². The molecule has 0 spiro atoms. The number of hydrogen-bond acceptors (Lipinski definition) is 1. The Morgan fingerprint density at radius 2 is 1.80 bits per heavy atom. The van der Waals surface area contributed by atoms with Gasteiger partial charge in [0.1, 0.15) is 0 Å². The summed E-state index contributed by atoms with van der Waals surface area (Å²) < 4.78 is 0. The molecule has 0 aliphatic heterocycles. The Kier molecular flexibility index (Phi) is 5.70. The SMILES string of the molecule is CCC[C@H](C)[C@H](C)NCC. The normalized spacial score (nSPS) is 16.8. The lowest BCUT2D eigenvalue weighted by atomic mass is 9.98. The lowest BCUT2D eigenvalue weighted by molar-refractivity contribution is 0.383. The molecule has 0 radical (unpaired) electrons. The third-order valence-corrected chi connectivity index (χ3v) is 2.12. The van der Waals surface area contributed by atoms with Crippen LogP contribution in [0.1, 0.15) is 40.5 Å². The van der Waals surface area contributed by atoms with Crippen molar-refractivity contribution in [3.8, 4) is 0 Å². The zero-order chi connectivity index (χ0) is 7.98. The molecule has 0 aromatic rings. The first-order chi connectivity index (χ1) is 4.72. The number of rotatable bonds is 5. The smallest absolute Gasteiger partial charge is 0.00642 e. The van der Waals surface area contributed by atoms with E-state index in [0.717, 1.165) is 12.5 Å². The van der Waals surface area contributed by atoms with E-state index >= 15 is 0 Å². The first kappa shape index (κ1) is 9.96. The van der Waals surface area contributed by atoms with Crippen LogP contribution in [0.4, 0.5) is 0 Å². The molecular weight excluding hydrogens is 122 g/mol. The van der Waals surface area contributed by atoms with Crippen molar-refractivity contribution in [2.45, 2.75) is 46.6 Å². The molecule has 62 valence electrons. The molecule has 0 aromatic heterocycles. The van der Waals surface area contributed by atoms with E-state index in [-0.39, 0.29) is 0 Å². The molecular formula is C9H21N. The molecule has 1 nitrogen and oxygen atoms in total. The minimum atomic E-state index is 0.685. The zero-order valence-corrected chi connectivity index (χ0v) is 7.78. The fourth-order valence-corrected chi connectivity index (χ4v) is 1.23. The van der Waals surface area contributed by atoms with Crippen LogP contribution in [-0.2, 0) is 0 Å². The summed E-state index contributed by atoms with van der Waals surface area (Å²) in [5.74, 6) is 0.824. The quantitative estimate of drug-likeness (QED) is 0.623. The maximum Gasteiger partial charge on any atom is 0.00642 e. The molecule has 1 N–H and O–H groups in total. The van der Waals surface area contributed by atoms with Gasteiger partial charge >= 0.3 is 0 Å². The highest BCUT2D eigenvalue weighted by atomic mass is 14.9. The predicted molar refractivity (Wildman–Crippen MR) is 47.2 cm³/mol. The molecule has 10 heavy (non-hydrogen) atoms. The van der Waals surface area contributed by atoms with Crippen LogP contribution >= 0.6 is 0 Å². The summed E-state index contributed by atoms with van der Waals surface area (Å²) in [7, 11) is 0. The van der Waals surface area contributed by atoms with E-state index in [1.54, 1.807) is 0 Å². The molecule has 2 atom stereocenters. The summed E-state index contributed by atoms with van der Waals surface area (Å²) in [4.78, 5) is 0. The van der Waals surface area contributed by atoms with Gasteiger partial charge in [0.05, 0.1) is 0 Å². The van der Waals surface area contributed by atoms with Gasteiger partial charge in [-0.05, 0) is 25.8 Å². The van der Waals surface area contributed by atoms with Gasteiger partial charge < -0.3 is 5.32 Å². The molecule has 0 fully saturated rings. The average Bonchev–Trinajstić information content (AvgIpc) is 1.89. The van der Waals surface area contributed by atoms with E-state index in [1.165, 1.54) is 12.8 Å². The van der Waals surface area contributed by atoms with E-state index < -0.39 is 0 Å². The minimum absolute atomic E-state index is 0.685. The molecule has 0 aliphatic rings. The van der Waals surface area contributed by atoms with Gasteiger partial charge in [0.15, 0.2) is 0 Å². The topological polar surface area (TPSA) is 12.0 Å². The van der Waals surface area contributed by atoms with Crippen molar-refractivity contribution in [1.82, 2.24) is 5.32 Å². The fraction of sp³-hybridized carbons (Fsp3) is 1.00. The minimum Gasteiger partial charge on any atom is -0.314 e. The van der Waals surface area contributed by atoms with E-state index in [2.05, 4.69) is 33.0 Å². The first-order valence-electron chi connectivity index (χ1n) is 4.45. The van der Waals surface area contributed by atoms with Gasteiger partial charge in [-0.25, -0.2) is 0 Å². The maximum atomic E-state index is 3.43. The van der Waals surface area contributed by atoms with Crippen LogP contribution in [0.3, 0.4) is 0 Å². The molecule has 1 heteroatoms. The fourth-order valence-electron chi connectivity index (χ4n) is 1.23. The van der Waals surface area contributed by atoms with Crippen molar-refractivity contribution in [3.63, 3.8) is 0 Å². The van der Waals surface area contributed by atoms with Gasteiger partial charge in [-0.3, -0.25) is 0 Å². The molecule has 0 unspecified atom stereocenters. The van der Waals surface area contributed by atoms with E-state index in [1.807, 2.05) is 0 Å². The van der Waals surface area contributed by atoms with Gasteiger partial charge in [-0.15, -0.1) is 0 Å². The second kappa shape index (κ2) is 5.72. The third kappa shape index (κ3) is 3.89. The maximum absolute atomic E-state index is 3.43. The zero-order valence-electron chi connectivity index (χ0n) is 7.78. The van der Waals surface area contributed by atoms with Crippen LogP contribution < -0.4 is 5.32 Å². The second-order valence-corrected chi connectivity index (χ2v) is 3.11. The van der Waals surface area contributed by atoms with Crippen LogP contribution in [-0.4, -0.2) is 12.6 Å². The van der Waals surface area contributed by atoms with Crippen molar-refractivity contribution in [3.05, 3.63) is 0 Å². The van der Waals surface area contributed by atoms with Gasteiger partial charge in [0.2, 0.25) is 0 Å². The molecule has 0 saturated carbocycles. The monoisotopic (exact) mass is 143 g/mol.